The van der Waals surface area contributed by atoms with Gasteiger partial charge in [-0.25, -0.2) is 0 Å². The Kier molecular flexibility index (Phi) is 5.74. The standard InChI is InChI=1S/C14H24N6O2/c1-2-12(22-7-1)10-16-14-18-13(11-17-19-14)15-3-4-20-5-8-21-9-6-20/h11-12H,1-10H2,(H2,15,16,18,19). The van der Waals surface area contributed by atoms with Crippen molar-refractivity contribution in [2.45, 2.75) is 18.9 Å². The minimum Gasteiger partial charge on any atom is -0.379 e. The molecule has 1 aromatic heterocycles. The molecule has 0 aliphatic carbocycles. The van der Waals surface area contributed by atoms with Crippen LogP contribution in [0, 0.1) is 0 Å². The fraction of sp³-hybridized carbons (Fsp3) is 0.786. The Labute approximate surface area is 130 Å². The number of nitrogens with one attached hydrogen (secondary N) is 2. The van der Waals surface area contributed by atoms with Crippen molar-refractivity contribution < 1.29 is 9.47 Å². The van der Waals surface area contributed by atoms with Crippen molar-refractivity contribution in [3.63, 3.8) is 0 Å². The van der Waals surface area contributed by atoms with E-state index in [0.29, 0.717) is 5.95 Å². The fourth-order valence-electron chi connectivity index (χ4n) is 2.64. The summed E-state index contributed by atoms with van der Waals surface area (Å²) >= 11 is 0. The molecule has 0 bridgehead atoms. The van der Waals surface area contributed by atoms with Crippen LogP contribution in [0.25, 0.3) is 0 Å². The highest BCUT2D eigenvalue weighted by Gasteiger charge is 2.15. The van der Waals surface area contributed by atoms with Crippen LogP contribution in [-0.2, 0) is 9.47 Å². The zero-order valence-electron chi connectivity index (χ0n) is 12.8. The Morgan fingerprint density at radius 3 is 2.95 bits per heavy atom. The van der Waals surface area contributed by atoms with Crippen LogP contribution < -0.4 is 10.6 Å². The molecule has 2 saturated heterocycles. The van der Waals surface area contributed by atoms with Crippen molar-refractivity contribution in [3.05, 3.63) is 6.20 Å². The molecule has 2 N–H and O–H groups in total. The van der Waals surface area contributed by atoms with Crippen molar-refractivity contribution in [3.8, 4) is 0 Å². The maximum atomic E-state index is 5.57. The number of morpholine rings is 1. The van der Waals surface area contributed by atoms with Crippen LogP contribution in [0.5, 0.6) is 0 Å². The number of rotatable bonds is 7. The number of hydrogen-bond acceptors (Lipinski definition) is 8. The second-order valence-corrected chi connectivity index (χ2v) is 5.56. The van der Waals surface area contributed by atoms with Gasteiger partial charge in [-0.15, -0.1) is 5.10 Å². The topological polar surface area (TPSA) is 84.4 Å². The third-order valence-corrected chi connectivity index (χ3v) is 3.91. The van der Waals surface area contributed by atoms with Gasteiger partial charge in [0.05, 0.1) is 25.5 Å². The molecule has 2 aliphatic heterocycles. The van der Waals surface area contributed by atoms with E-state index in [2.05, 4.69) is 30.7 Å². The lowest BCUT2D eigenvalue weighted by Gasteiger charge is -2.26. The molecule has 3 heterocycles. The van der Waals surface area contributed by atoms with Crippen molar-refractivity contribution in [1.29, 1.82) is 0 Å². The van der Waals surface area contributed by atoms with Gasteiger partial charge in [0.1, 0.15) is 0 Å². The summed E-state index contributed by atoms with van der Waals surface area (Å²) in [5, 5.41) is 14.5. The van der Waals surface area contributed by atoms with Gasteiger partial charge in [-0.1, -0.05) is 0 Å². The van der Waals surface area contributed by atoms with E-state index in [-0.39, 0.29) is 6.10 Å². The number of anilines is 2. The highest BCUT2D eigenvalue weighted by atomic mass is 16.5. The number of ether oxygens (including phenoxy) is 2. The highest BCUT2D eigenvalue weighted by Crippen LogP contribution is 2.12. The molecule has 22 heavy (non-hydrogen) atoms. The van der Waals surface area contributed by atoms with Gasteiger partial charge in [0.25, 0.3) is 0 Å². The molecule has 8 heteroatoms. The van der Waals surface area contributed by atoms with Crippen molar-refractivity contribution >= 4 is 11.8 Å². The van der Waals surface area contributed by atoms with Gasteiger partial charge >= 0.3 is 0 Å². The summed E-state index contributed by atoms with van der Waals surface area (Å²) < 4.78 is 10.9. The van der Waals surface area contributed by atoms with E-state index >= 15 is 0 Å². The Morgan fingerprint density at radius 2 is 2.14 bits per heavy atom. The van der Waals surface area contributed by atoms with E-state index in [9.17, 15) is 0 Å². The molecule has 0 radical (unpaired) electrons. The lowest BCUT2D eigenvalue weighted by atomic mass is 10.2. The molecule has 0 spiro atoms. The third kappa shape index (κ3) is 4.75. The van der Waals surface area contributed by atoms with E-state index in [4.69, 9.17) is 9.47 Å². The minimum absolute atomic E-state index is 0.265. The minimum atomic E-state index is 0.265. The summed E-state index contributed by atoms with van der Waals surface area (Å²) in [5.41, 5.74) is 0. The van der Waals surface area contributed by atoms with Crippen LogP contribution in [0.15, 0.2) is 6.20 Å². The van der Waals surface area contributed by atoms with E-state index in [0.717, 1.165) is 71.2 Å². The average Bonchev–Trinajstić information content (AvgIpc) is 3.08. The third-order valence-electron chi connectivity index (χ3n) is 3.91. The summed E-state index contributed by atoms with van der Waals surface area (Å²) in [4.78, 5) is 6.80. The number of hydrogen-bond donors (Lipinski definition) is 2. The summed E-state index contributed by atoms with van der Waals surface area (Å²) in [5.74, 6) is 1.30. The Balaban J connectivity index is 1.40. The summed E-state index contributed by atoms with van der Waals surface area (Å²) in [6, 6.07) is 0. The molecule has 2 aliphatic rings. The second-order valence-electron chi connectivity index (χ2n) is 5.56. The molecule has 1 unspecified atom stereocenters. The predicted molar refractivity (Wildman–Crippen MR) is 83.0 cm³/mol. The number of nitrogens with zero attached hydrogens (tertiary/aromatic N) is 4. The Hall–Kier alpha value is -1.51. The van der Waals surface area contributed by atoms with Crippen molar-refractivity contribution in [2.24, 2.45) is 0 Å². The molecule has 122 valence electrons. The van der Waals surface area contributed by atoms with Gasteiger partial charge in [-0.05, 0) is 12.8 Å². The van der Waals surface area contributed by atoms with Crippen LogP contribution in [0.4, 0.5) is 11.8 Å². The largest absolute Gasteiger partial charge is 0.379 e. The van der Waals surface area contributed by atoms with Crippen LogP contribution in [0.1, 0.15) is 12.8 Å². The first-order chi connectivity index (χ1) is 10.9. The van der Waals surface area contributed by atoms with Crippen molar-refractivity contribution in [2.75, 3.05) is 63.2 Å². The molecule has 1 atom stereocenters. The maximum absolute atomic E-state index is 5.57. The summed E-state index contributed by atoms with van der Waals surface area (Å²) in [6.45, 7) is 7.05. The highest BCUT2D eigenvalue weighted by molar-refractivity contribution is 5.36. The first kappa shape index (κ1) is 15.4. The predicted octanol–water partition coefficient (Wildman–Crippen LogP) is 0.207. The molecule has 2 fully saturated rings. The van der Waals surface area contributed by atoms with Crippen LogP contribution in [0.3, 0.4) is 0 Å². The molecule has 0 saturated carbocycles. The van der Waals surface area contributed by atoms with Crippen LogP contribution >= 0.6 is 0 Å². The lowest BCUT2D eigenvalue weighted by molar-refractivity contribution is 0.0398. The molecular weight excluding hydrogens is 284 g/mol. The smallest absolute Gasteiger partial charge is 0.244 e. The zero-order valence-corrected chi connectivity index (χ0v) is 12.8. The van der Waals surface area contributed by atoms with E-state index < -0.39 is 0 Å². The van der Waals surface area contributed by atoms with Gasteiger partial charge < -0.3 is 20.1 Å². The Bertz CT molecular complexity index is 449. The van der Waals surface area contributed by atoms with Gasteiger partial charge in [0, 0.05) is 39.3 Å². The lowest BCUT2D eigenvalue weighted by Crippen LogP contribution is -2.39. The van der Waals surface area contributed by atoms with E-state index in [1.165, 1.54) is 0 Å². The molecule has 3 rings (SSSR count). The van der Waals surface area contributed by atoms with Crippen LogP contribution in [0.2, 0.25) is 0 Å². The number of aromatic nitrogens is 3. The molecule has 0 aromatic carbocycles. The fourth-order valence-corrected chi connectivity index (χ4v) is 2.64. The van der Waals surface area contributed by atoms with Gasteiger partial charge in [-0.3, -0.25) is 4.90 Å². The first-order valence-electron chi connectivity index (χ1n) is 7.99. The molecule has 1 aromatic rings. The summed E-state index contributed by atoms with van der Waals surface area (Å²) in [6.07, 6.45) is 4.14. The van der Waals surface area contributed by atoms with Crippen molar-refractivity contribution in [1.82, 2.24) is 20.1 Å². The summed E-state index contributed by atoms with van der Waals surface area (Å²) in [7, 11) is 0. The average molecular weight is 308 g/mol. The van der Waals surface area contributed by atoms with Gasteiger partial charge in [-0.2, -0.15) is 10.1 Å². The zero-order chi connectivity index (χ0) is 15.0. The monoisotopic (exact) mass is 308 g/mol. The second kappa shape index (κ2) is 8.21. The molecule has 8 nitrogen and oxygen atoms in total. The maximum Gasteiger partial charge on any atom is 0.244 e. The van der Waals surface area contributed by atoms with Gasteiger partial charge in [0.15, 0.2) is 5.82 Å². The van der Waals surface area contributed by atoms with E-state index in [1.54, 1.807) is 6.20 Å². The normalized spacial score (nSPS) is 22.6. The Morgan fingerprint density at radius 1 is 1.23 bits per heavy atom. The quantitative estimate of drug-likeness (QED) is 0.739. The van der Waals surface area contributed by atoms with Crippen LogP contribution in [-0.4, -0.2) is 78.7 Å². The molecule has 0 amide bonds. The first-order valence-corrected chi connectivity index (χ1v) is 7.99. The van der Waals surface area contributed by atoms with Gasteiger partial charge in [0.2, 0.25) is 5.95 Å². The van der Waals surface area contributed by atoms with E-state index in [1.807, 2.05) is 0 Å². The molecular formula is C14H24N6O2. The SMILES string of the molecule is c1nnc(NCC2CCCO2)nc1NCCN1CCOCC1.